The van der Waals surface area contributed by atoms with Gasteiger partial charge >= 0.3 is 17.1 Å². The van der Waals surface area contributed by atoms with E-state index in [0.29, 0.717) is 19.8 Å². The number of unbranched alkanes of at least 4 members (excludes halogenated alkanes) is 27. The van der Waals surface area contributed by atoms with Gasteiger partial charge in [-0.3, -0.25) is 0 Å². The molecule has 3 unspecified atom stereocenters. The summed E-state index contributed by atoms with van der Waals surface area (Å²) in [6, 6.07) is 0. The monoisotopic (exact) mass is 803 g/mol. The maximum absolute atomic E-state index is 10.1. The second kappa shape index (κ2) is 53.3. The average molecular weight is 804 g/mol. The van der Waals surface area contributed by atoms with Crippen LogP contribution in [0.2, 0.25) is 0 Å². The van der Waals surface area contributed by atoms with Gasteiger partial charge in [-0.15, -0.1) is 0 Å². The molecule has 0 spiro atoms. The molecule has 9 nitrogen and oxygen atoms in total. The zero-order valence-electron chi connectivity index (χ0n) is 31.9. The summed E-state index contributed by atoms with van der Waals surface area (Å²) in [5, 5.41) is 0. The predicted octanol–water partition coefficient (Wildman–Crippen LogP) is 11.0. The standard InChI is InChI=1S/3C12H27O3P.Fe/c3*1-2-3-4-5-6-7-8-9-10-11-12-15-16(13)14;/h3*16H,2-12H2,1H3,(H,13,14);/q;;;+3/p-3. The molecular formula is C36H78FeO9P3. The van der Waals surface area contributed by atoms with Crippen LogP contribution in [-0.4, -0.2) is 19.8 Å². The van der Waals surface area contributed by atoms with Gasteiger partial charge in [-0.1, -0.05) is 194 Å². The molecule has 0 N–H and O–H groups in total. The van der Waals surface area contributed by atoms with Crippen LogP contribution >= 0.6 is 24.8 Å². The van der Waals surface area contributed by atoms with Crippen LogP contribution in [0.5, 0.6) is 0 Å². The van der Waals surface area contributed by atoms with Gasteiger partial charge in [0.25, 0.3) is 0 Å². The SMILES string of the molecule is CCCCCCCCCCCCO[PH](=O)[O-].CCCCCCCCCCCCO[PH](=O)[O-].CCCCCCCCCCCCO[PH](=O)[O-].[Fe+3]. The van der Waals surface area contributed by atoms with Gasteiger partial charge in [-0.2, -0.15) is 0 Å². The molecule has 0 bridgehead atoms. The van der Waals surface area contributed by atoms with E-state index in [1.54, 1.807) is 0 Å². The van der Waals surface area contributed by atoms with Gasteiger partial charge in [0.1, 0.15) is 24.8 Å². The Bertz CT molecular complexity index is 580. The molecule has 0 saturated carbocycles. The predicted molar refractivity (Wildman–Crippen MR) is 200 cm³/mol. The molecule has 1 radical (unpaired) electrons. The third-order valence-electron chi connectivity index (χ3n) is 8.15. The molecule has 0 aliphatic carbocycles. The zero-order valence-corrected chi connectivity index (χ0v) is 36.0. The smallest absolute Gasteiger partial charge is 0.781 e. The summed E-state index contributed by atoms with van der Waals surface area (Å²) in [6.45, 7) is 7.82. The van der Waals surface area contributed by atoms with Crippen LogP contribution < -0.4 is 14.7 Å². The Labute approximate surface area is 315 Å². The Morgan fingerprint density at radius 1 is 0.306 bits per heavy atom. The quantitative estimate of drug-likeness (QED) is 0.0343. The van der Waals surface area contributed by atoms with Gasteiger partial charge in [0, 0.05) is 0 Å². The van der Waals surface area contributed by atoms with Crippen molar-refractivity contribution in [2.75, 3.05) is 19.8 Å². The molecule has 0 aliphatic rings. The molecular weight excluding hydrogens is 725 g/mol. The Hall–Kier alpha value is 0.969. The average Bonchev–Trinajstić information content (AvgIpc) is 3.05. The van der Waals surface area contributed by atoms with Crippen LogP contribution in [0.4, 0.5) is 0 Å². The van der Waals surface area contributed by atoms with Crippen molar-refractivity contribution < 1.29 is 59.0 Å². The first-order chi connectivity index (χ1) is 23.3. The Morgan fingerprint density at radius 3 is 0.592 bits per heavy atom. The molecule has 0 saturated heterocycles. The largest absolute Gasteiger partial charge is 3.00 e. The van der Waals surface area contributed by atoms with Crippen molar-refractivity contribution in [2.24, 2.45) is 0 Å². The summed E-state index contributed by atoms with van der Waals surface area (Å²) in [5.41, 5.74) is 0. The van der Waals surface area contributed by atoms with E-state index < -0.39 is 24.8 Å². The van der Waals surface area contributed by atoms with Crippen molar-refractivity contribution in [3.8, 4) is 0 Å². The van der Waals surface area contributed by atoms with Crippen molar-refractivity contribution in [3.05, 3.63) is 0 Å². The minimum atomic E-state index is -2.94. The van der Waals surface area contributed by atoms with Crippen LogP contribution in [0.25, 0.3) is 0 Å². The minimum absolute atomic E-state index is 0. The van der Waals surface area contributed by atoms with Crippen molar-refractivity contribution in [3.63, 3.8) is 0 Å². The molecule has 0 aromatic rings. The maximum Gasteiger partial charge on any atom is 3.00 e. The third-order valence-corrected chi connectivity index (χ3v) is 9.47. The topological polar surface area (TPSA) is 148 Å². The van der Waals surface area contributed by atoms with Gasteiger partial charge in [-0.25, -0.2) is 0 Å². The van der Waals surface area contributed by atoms with Gasteiger partial charge < -0.3 is 41.9 Å². The summed E-state index contributed by atoms with van der Waals surface area (Å²) in [4.78, 5) is 30.3. The van der Waals surface area contributed by atoms with Gasteiger partial charge in [-0.05, 0) is 19.3 Å². The molecule has 0 fully saturated rings. The Kier molecular flexibility index (Phi) is 61.7. The molecule has 0 heterocycles. The molecule has 0 amide bonds. The maximum atomic E-state index is 10.1. The summed E-state index contributed by atoms with van der Waals surface area (Å²) >= 11 is 0. The third kappa shape index (κ3) is 67.6. The van der Waals surface area contributed by atoms with E-state index in [1.165, 1.54) is 154 Å². The van der Waals surface area contributed by atoms with Gasteiger partial charge in [0.15, 0.2) is 0 Å². The fourth-order valence-electron chi connectivity index (χ4n) is 5.24. The molecule has 0 aliphatic heterocycles. The molecule has 299 valence electrons. The van der Waals surface area contributed by atoms with Crippen molar-refractivity contribution in [1.82, 2.24) is 0 Å². The van der Waals surface area contributed by atoms with Crippen molar-refractivity contribution in [2.45, 2.75) is 213 Å². The summed E-state index contributed by atoms with van der Waals surface area (Å²) in [6.07, 6.45) is 37.6. The second-order valence-electron chi connectivity index (χ2n) is 12.8. The zero-order chi connectivity index (χ0) is 36.2. The van der Waals surface area contributed by atoms with E-state index in [4.69, 9.17) is 0 Å². The number of rotatable bonds is 36. The van der Waals surface area contributed by atoms with Crippen molar-refractivity contribution in [1.29, 1.82) is 0 Å². The van der Waals surface area contributed by atoms with E-state index in [2.05, 4.69) is 34.3 Å². The van der Waals surface area contributed by atoms with Crippen LogP contribution in [0.3, 0.4) is 0 Å². The van der Waals surface area contributed by atoms with Gasteiger partial charge in [0.2, 0.25) is 0 Å². The second-order valence-corrected chi connectivity index (χ2v) is 15.2. The summed E-state index contributed by atoms with van der Waals surface area (Å²) in [5.74, 6) is 0. The molecule has 0 rings (SSSR count). The molecule has 3 atom stereocenters. The fourth-order valence-corrected chi connectivity index (χ4v) is 6.17. The van der Waals surface area contributed by atoms with E-state index in [0.717, 1.165) is 38.5 Å². The van der Waals surface area contributed by atoms with Gasteiger partial charge in [0.05, 0.1) is 19.8 Å². The first kappa shape index (κ1) is 56.7. The van der Waals surface area contributed by atoms with Crippen LogP contribution in [0.15, 0.2) is 0 Å². The molecule has 49 heavy (non-hydrogen) atoms. The Balaban J connectivity index is -0.000000307. The summed E-state index contributed by atoms with van der Waals surface area (Å²) in [7, 11) is -8.83. The molecule has 13 heteroatoms. The van der Waals surface area contributed by atoms with E-state index in [-0.39, 0.29) is 17.1 Å². The number of hydrogen-bond acceptors (Lipinski definition) is 9. The van der Waals surface area contributed by atoms with Crippen molar-refractivity contribution >= 4 is 24.8 Å². The fraction of sp³-hybridized carbons (Fsp3) is 1.00. The minimum Gasteiger partial charge on any atom is -0.781 e. The van der Waals surface area contributed by atoms with Crippen LogP contribution in [-0.2, 0) is 44.3 Å². The first-order valence-electron chi connectivity index (χ1n) is 19.8. The molecule has 0 aromatic carbocycles. The molecule has 0 aromatic heterocycles. The summed E-state index contributed by atoms with van der Waals surface area (Å²) < 4.78 is 43.8. The van der Waals surface area contributed by atoms with E-state index in [9.17, 15) is 28.4 Å². The normalized spacial score (nSPS) is 12.6. The van der Waals surface area contributed by atoms with E-state index >= 15 is 0 Å². The van der Waals surface area contributed by atoms with E-state index in [1.807, 2.05) is 0 Å². The van der Waals surface area contributed by atoms with Crippen LogP contribution in [0.1, 0.15) is 213 Å². The first-order valence-corrected chi connectivity index (χ1v) is 23.5. The van der Waals surface area contributed by atoms with Crippen LogP contribution in [0, 0.1) is 0 Å². The number of hydrogen-bond donors (Lipinski definition) is 0. The Morgan fingerprint density at radius 2 is 0.449 bits per heavy atom.